The summed E-state index contributed by atoms with van der Waals surface area (Å²) in [6.07, 6.45) is 9.88. The first-order valence-corrected chi connectivity index (χ1v) is 8.56. The van der Waals surface area contributed by atoms with Crippen LogP contribution in [0.25, 0.3) is 0 Å². The summed E-state index contributed by atoms with van der Waals surface area (Å²) in [6, 6.07) is 10.9. The van der Waals surface area contributed by atoms with E-state index in [9.17, 15) is 4.79 Å². The van der Waals surface area contributed by atoms with Crippen LogP contribution in [0.2, 0.25) is 0 Å². The lowest BCUT2D eigenvalue weighted by Gasteiger charge is -2.35. The third-order valence-corrected chi connectivity index (χ3v) is 4.86. The van der Waals surface area contributed by atoms with E-state index < -0.39 is 0 Å². The first kappa shape index (κ1) is 15.3. The van der Waals surface area contributed by atoms with Crippen molar-refractivity contribution in [2.45, 2.75) is 38.1 Å². The predicted octanol–water partition coefficient (Wildman–Crippen LogP) is 3.30. The average molecular weight is 298 g/mol. The smallest absolute Gasteiger partial charge is 0.223 e. The van der Waals surface area contributed by atoms with Crippen LogP contribution in [0.15, 0.2) is 42.5 Å². The van der Waals surface area contributed by atoms with Crippen LogP contribution in [0.4, 0.5) is 0 Å². The van der Waals surface area contributed by atoms with Gasteiger partial charge in [0.2, 0.25) is 5.91 Å². The molecule has 1 aliphatic carbocycles. The van der Waals surface area contributed by atoms with Crippen molar-refractivity contribution in [1.82, 2.24) is 10.2 Å². The summed E-state index contributed by atoms with van der Waals surface area (Å²) < 4.78 is 0. The van der Waals surface area contributed by atoms with Crippen molar-refractivity contribution in [3.63, 3.8) is 0 Å². The molecule has 0 bridgehead atoms. The van der Waals surface area contributed by atoms with E-state index in [1.807, 2.05) is 0 Å². The maximum absolute atomic E-state index is 12.3. The van der Waals surface area contributed by atoms with E-state index in [1.165, 1.54) is 24.8 Å². The van der Waals surface area contributed by atoms with Gasteiger partial charge in [-0.2, -0.15) is 0 Å². The minimum Gasteiger partial charge on any atom is -0.354 e. The number of carbonyl (C=O) groups excluding carboxylic acids is 1. The van der Waals surface area contributed by atoms with Crippen LogP contribution >= 0.6 is 0 Å². The highest BCUT2D eigenvalue weighted by atomic mass is 16.1. The van der Waals surface area contributed by atoms with E-state index in [-0.39, 0.29) is 11.8 Å². The minimum absolute atomic E-state index is 0.151. The van der Waals surface area contributed by atoms with Gasteiger partial charge in [0, 0.05) is 12.5 Å². The Morgan fingerprint density at radius 1 is 1.09 bits per heavy atom. The van der Waals surface area contributed by atoms with Crippen LogP contribution in [0.5, 0.6) is 0 Å². The maximum Gasteiger partial charge on any atom is 0.223 e. The molecule has 1 heterocycles. The van der Waals surface area contributed by atoms with Crippen LogP contribution in [0, 0.1) is 5.92 Å². The third-order valence-electron chi connectivity index (χ3n) is 4.86. The number of hydrogen-bond acceptors (Lipinski definition) is 2. The summed E-state index contributed by atoms with van der Waals surface area (Å²) in [5, 5.41) is 3.20. The van der Waals surface area contributed by atoms with Crippen molar-refractivity contribution in [3.05, 3.63) is 48.0 Å². The molecule has 1 amide bonds. The van der Waals surface area contributed by atoms with Crippen molar-refractivity contribution in [2.75, 3.05) is 19.6 Å². The highest BCUT2D eigenvalue weighted by Gasteiger charge is 2.24. The Labute approximate surface area is 133 Å². The van der Waals surface area contributed by atoms with Crippen LogP contribution in [-0.4, -0.2) is 30.4 Å². The Kier molecular flexibility index (Phi) is 5.28. The topological polar surface area (TPSA) is 32.3 Å². The molecule has 0 saturated carbocycles. The fourth-order valence-corrected chi connectivity index (χ4v) is 3.54. The molecule has 2 aliphatic rings. The third kappa shape index (κ3) is 3.77. The molecule has 1 saturated heterocycles. The van der Waals surface area contributed by atoms with Crippen LogP contribution in [0.1, 0.15) is 43.7 Å². The van der Waals surface area contributed by atoms with E-state index in [0.29, 0.717) is 6.04 Å². The summed E-state index contributed by atoms with van der Waals surface area (Å²) in [4.78, 5) is 14.8. The highest BCUT2D eigenvalue weighted by molar-refractivity contribution is 5.79. The Hall–Kier alpha value is -1.61. The first-order chi connectivity index (χ1) is 10.8. The zero-order valence-corrected chi connectivity index (χ0v) is 13.2. The highest BCUT2D eigenvalue weighted by Crippen LogP contribution is 2.24. The molecule has 1 atom stereocenters. The number of nitrogens with one attached hydrogen (secondary N) is 1. The molecule has 0 aromatic heterocycles. The molecule has 1 fully saturated rings. The summed E-state index contributed by atoms with van der Waals surface area (Å²) in [6.45, 7) is 3.00. The second kappa shape index (κ2) is 7.59. The molecule has 1 aromatic carbocycles. The summed E-state index contributed by atoms with van der Waals surface area (Å²) in [5.41, 5.74) is 1.31. The quantitative estimate of drug-likeness (QED) is 0.846. The Bertz CT molecular complexity index is 497. The summed E-state index contributed by atoms with van der Waals surface area (Å²) in [7, 11) is 0. The largest absolute Gasteiger partial charge is 0.354 e. The minimum atomic E-state index is 0.151. The molecule has 1 N–H and O–H groups in total. The lowest BCUT2D eigenvalue weighted by molar-refractivity contribution is -0.124. The monoisotopic (exact) mass is 298 g/mol. The van der Waals surface area contributed by atoms with Crippen molar-refractivity contribution < 1.29 is 4.79 Å². The molecule has 22 heavy (non-hydrogen) atoms. The number of piperidine rings is 1. The van der Waals surface area contributed by atoms with Crippen LogP contribution in [-0.2, 0) is 4.79 Å². The number of nitrogens with zero attached hydrogens (tertiary/aromatic N) is 1. The standard InChI is InChI=1S/C19H26N2O/c22-19(17-11-5-6-12-17)20-15-18(16-9-3-1-4-10-16)21-13-7-2-8-14-21/h1,3-6,9-10,17-18H,2,7-8,11-15H2,(H,20,22)/t18-/m0/s1. The number of amides is 1. The molecule has 1 aliphatic heterocycles. The normalized spacial score (nSPS) is 20.9. The molecular weight excluding hydrogens is 272 g/mol. The van der Waals surface area contributed by atoms with E-state index in [0.717, 1.165) is 32.5 Å². The zero-order chi connectivity index (χ0) is 15.2. The van der Waals surface area contributed by atoms with Gasteiger partial charge in [0.1, 0.15) is 0 Å². The number of likely N-dealkylation sites (tertiary alicyclic amines) is 1. The number of allylic oxidation sites excluding steroid dienone is 2. The number of carbonyl (C=O) groups is 1. The van der Waals surface area contributed by atoms with E-state index in [1.54, 1.807) is 0 Å². The second-order valence-electron chi connectivity index (χ2n) is 6.41. The first-order valence-electron chi connectivity index (χ1n) is 8.56. The van der Waals surface area contributed by atoms with Gasteiger partial charge in [-0.05, 0) is 44.3 Å². The van der Waals surface area contributed by atoms with Crippen molar-refractivity contribution in [3.8, 4) is 0 Å². The fraction of sp³-hybridized carbons (Fsp3) is 0.526. The van der Waals surface area contributed by atoms with Crippen LogP contribution < -0.4 is 5.32 Å². The zero-order valence-electron chi connectivity index (χ0n) is 13.2. The molecular formula is C19H26N2O. The Morgan fingerprint density at radius 3 is 2.45 bits per heavy atom. The van der Waals surface area contributed by atoms with Crippen molar-refractivity contribution in [1.29, 1.82) is 0 Å². The number of benzene rings is 1. The molecule has 0 unspecified atom stereocenters. The molecule has 3 rings (SSSR count). The van der Waals surface area contributed by atoms with Gasteiger partial charge in [-0.3, -0.25) is 9.69 Å². The lowest BCUT2D eigenvalue weighted by Crippen LogP contribution is -2.41. The molecule has 3 heteroatoms. The van der Waals surface area contributed by atoms with E-state index in [2.05, 4.69) is 52.7 Å². The van der Waals surface area contributed by atoms with Crippen LogP contribution in [0.3, 0.4) is 0 Å². The van der Waals surface area contributed by atoms with Gasteiger partial charge in [0.15, 0.2) is 0 Å². The Morgan fingerprint density at radius 2 is 1.77 bits per heavy atom. The molecule has 0 spiro atoms. The van der Waals surface area contributed by atoms with E-state index >= 15 is 0 Å². The van der Waals surface area contributed by atoms with Gasteiger partial charge in [-0.25, -0.2) is 0 Å². The van der Waals surface area contributed by atoms with Crippen molar-refractivity contribution >= 4 is 5.91 Å². The van der Waals surface area contributed by atoms with Gasteiger partial charge in [-0.15, -0.1) is 0 Å². The number of hydrogen-bond donors (Lipinski definition) is 1. The summed E-state index contributed by atoms with van der Waals surface area (Å²) >= 11 is 0. The summed E-state index contributed by atoms with van der Waals surface area (Å²) in [5.74, 6) is 0.362. The van der Waals surface area contributed by atoms with Gasteiger partial charge >= 0.3 is 0 Å². The van der Waals surface area contributed by atoms with Gasteiger partial charge in [0.25, 0.3) is 0 Å². The van der Waals surface area contributed by atoms with Gasteiger partial charge in [0.05, 0.1) is 6.04 Å². The fourth-order valence-electron chi connectivity index (χ4n) is 3.54. The SMILES string of the molecule is O=C(NC[C@@H](c1ccccc1)N1CCCCC1)C1CC=CC1. The molecule has 118 valence electrons. The predicted molar refractivity (Wildman–Crippen MR) is 89.5 cm³/mol. The lowest BCUT2D eigenvalue weighted by atomic mass is 10.0. The molecule has 3 nitrogen and oxygen atoms in total. The van der Waals surface area contributed by atoms with Gasteiger partial charge < -0.3 is 5.32 Å². The van der Waals surface area contributed by atoms with Gasteiger partial charge in [-0.1, -0.05) is 48.9 Å². The van der Waals surface area contributed by atoms with Crippen molar-refractivity contribution in [2.24, 2.45) is 5.92 Å². The van der Waals surface area contributed by atoms with E-state index in [4.69, 9.17) is 0 Å². The molecule has 0 radical (unpaired) electrons. The Balaban J connectivity index is 1.64. The average Bonchev–Trinajstić information content (AvgIpc) is 3.11. The maximum atomic E-state index is 12.3. The number of rotatable bonds is 5. The second-order valence-corrected chi connectivity index (χ2v) is 6.41. The molecule has 1 aromatic rings.